The SMILES string of the molecule is CCC(Cl)OC(=O)C(C)=CO. The van der Waals surface area contributed by atoms with Crippen molar-refractivity contribution >= 4 is 17.6 Å². The Morgan fingerprint density at radius 2 is 2.36 bits per heavy atom. The van der Waals surface area contributed by atoms with Crippen LogP contribution in [0.5, 0.6) is 0 Å². The van der Waals surface area contributed by atoms with Crippen LogP contribution in [-0.4, -0.2) is 16.6 Å². The zero-order chi connectivity index (χ0) is 8.85. The Morgan fingerprint density at radius 1 is 1.82 bits per heavy atom. The molecule has 0 heterocycles. The largest absolute Gasteiger partial charge is 0.515 e. The predicted octanol–water partition coefficient (Wildman–Crippen LogP) is 1.97. The Labute approximate surface area is 70.6 Å². The molecule has 0 spiro atoms. The zero-order valence-corrected chi connectivity index (χ0v) is 7.26. The van der Waals surface area contributed by atoms with Crippen LogP contribution in [0.4, 0.5) is 0 Å². The number of alkyl halides is 1. The van der Waals surface area contributed by atoms with E-state index in [1.54, 1.807) is 6.92 Å². The Balaban J connectivity index is 3.88. The summed E-state index contributed by atoms with van der Waals surface area (Å²) in [6, 6.07) is 0. The number of rotatable bonds is 3. The molecule has 64 valence electrons. The summed E-state index contributed by atoms with van der Waals surface area (Å²) in [6.45, 7) is 3.24. The number of carbonyl (C=O) groups is 1. The van der Waals surface area contributed by atoms with Crippen LogP contribution in [0.25, 0.3) is 0 Å². The van der Waals surface area contributed by atoms with Gasteiger partial charge in [-0.1, -0.05) is 18.5 Å². The fourth-order valence-corrected chi connectivity index (χ4v) is 0.426. The fraction of sp³-hybridized carbons (Fsp3) is 0.571. The molecule has 0 aliphatic heterocycles. The highest BCUT2D eigenvalue weighted by Gasteiger charge is 2.10. The number of hydrogen-bond donors (Lipinski definition) is 1. The molecule has 0 fully saturated rings. The Morgan fingerprint density at radius 3 is 2.73 bits per heavy atom. The van der Waals surface area contributed by atoms with Crippen LogP contribution in [0.2, 0.25) is 0 Å². The number of halogens is 1. The van der Waals surface area contributed by atoms with Crippen LogP contribution in [0.3, 0.4) is 0 Å². The molecule has 1 N–H and O–H groups in total. The van der Waals surface area contributed by atoms with Gasteiger partial charge in [0, 0.05) is 0 Å². The molecule has 0 rings (SSSR count). The van der Waals surface area contributed by atoms with Gasteiger partial charge in [-0.25, -0.2) is 4.79 Å². The molecular weight excluding hydrogens is 168 g/mol. The summed E-state index contributed by atoms with van der Waals surface area (Å²) < 4.78 is 4.65. The molecule has 0 bridgehead atoms. The molecule has 0 aliphatic carbocycles. The van der Waals surface area contributed by atoms with Crippen molar-refractivity contribution < 1.29 is 14.6 Å². The van der Waals surface area contributed by atoms with Crippen LogP contribution in [-0.2, 0) is 9.53 Å². The average molecular weight is 179 g/mol. The molecule has 0 aromatic rings. The molecule has 0 saturated carbocycles. The maximum Gasteiger partial charge on any atom is 0.338 e. The maximum atomic E-state index is 10.8. The number of carbonyl (C=O) groups excluding carboxylic acids is 1. The molecule has 0 radical (unpaired) electrons. The maximum absolute atomic E-state index is 10.8. The van der Waals surface area contributed by atoms with Crippen molar-refractivity contribution in [3.8, 4) is 0 Å². The third kappa shape index (κ3) is 3.88. The van der Waals surface area contributed by atoms with Crippen molar-refractivity contribution in [1.82, 2.24) is 0 Å². The summed E-state index contributed by atoms with van der Waals surface area (Å²) >= 11 is 5.51. The summed E-state index contributed by atoms with van der Waals surface area (Å²) in [5.74, 6) is -0.589. The minimum absolute atomic E-state index is 0.143. The zero-order valence-electron chi connectivity index (χ0n) is 6.50. The van der Waals surface area contributed by atoms with Gasteiger partial charge in [-0.3, -0.25) is 0 Å². The first-order valence-corrected chi connectivity index (χ1v) is 3.71. The molecule has 0 saturated heterocycles. The van der Waals surface area contributed by atoms with Gasteiger partial charge < -0.3 is 9.84 Å². The number of esters is 1. The van der Waals surface area contributed by atoms with E-state index in [9.17, 15) is 4.79 Å². The molecule has 11 heavy (non-hydrogen) atoms. The standard InChI is InChI=1S/C7H11ClO3/c1-3-6(8)11-7(10)5(2)4-9/h4,6,9H,3H2,1-2H3. The number of hydrogen-bond acceptors (Lipinski definition) is 3. The van der Waals surface area contributed by atoms with E-state index in [4.69, 9.17) is 16.7 Å². The fourth-order valence-electron chi connectivity index (χ4n) is 0.345. The summed E-state index contributed by atoms with van der Waals surface area (Å²) in [7, 11) is 0. The molecular formula is C7H11ClO3. The molecule has 3 nitrogen and oxygen atoms in total. The van der Waals surface area contributed by atoms with Gasteiger partial charge in [0.25, 0.3) is 0 Å². The minimum atomic E-state index is -0.614. The van der Waals surface area contributed by atoms with Gasteiger partial charge in [-0.15, -0.1) is 0 Å². The lowest BCUT2D eigenvalue weighted by molar-refractivity contribution is -0.140. The van der Waals surface area contributed by atoms with Crippen LogP contribution < -0.4 is 0 Å². The third-order valence-corrected chi connectivity index (χ3v) is 1.47. The smallest absolute Gasteiger partial charge is 0.338 e. The van der Waals surface area contributed by atoms with Crippen molar-refractivity contribution in [2.45, 2.75) is 25.8 Å². The average Bonchev–Trinajstić information content (AvgIpc) is 2.02. The second-order valence-electron chi connectivity index (χ2n) is 2.04. The van der Waals surface area contributed by atoms with E-state index in [-0.39, 0.29) is 5.57 Å². The van der Waals surface area contributed by atoms with Crippen LogP contribution in [0.1, 0.15) is 20.3 Å². The Kier molecular flexibility index (Phi) is 4.70. The molecule has 1 atom stereocenters. The minimum Gasteiger partial charge on any atom is -0.515 e. The van der Waals surface area contributed by atoms with E-state index < -0.39 is 11.5 Å². The number of aliphatic hydroxyl groups excluding tert-OH is 1. The normalized spacial score (nSPS) is 14.3. The second kappa shape index (κ2) is 5.02. The summed E-state index contributed by atoms with van der Waals surface area (Å²) in [5, 5.41) is 8.38. The summed E-state index contributed by atoms with van der Waals surface area (Å²) in [6.07, 6.45) is 1.24. The predicted molar refractivity (Wildman–Crippen MR) is 42.4 cm³/mol. The van der Waals surface area contributed by atoms with Crippen LogP contribution in [0, 0.1) is 0 Å². The van der Waals surface area contributed by atoms with E-state index >= 15 is 0 Å². The van der Waals surface area contributed by atoms with E-state index in [0.717, 1.165) is 0 Å². The monoisotopic (exact) mass is 178 g/mol. The summed E-state index contributed by atoms with van der Waals surface area (Å²) in [4.78, 5) is 10.8. The van der Waals surface area contributed by atoms with Crippen molar-refractivity contribution in [2.24, 2.45) is 0 Å². The lowest BCUT2D eigenvalue weighted by atomic mass is 10.3. The third-order valence-electron chi connectivity index (χ3n) is 1.07. The van der Waals surface area contributed by atoms with E-state index in [2.05, 4.69) is 4.74 Å². The lowest BCUT2D eigenvalue weighted by Gasteiger charge is -2.07. The van der Waals surface area contributed by atoms with Gasteiger partial charge in [0.1, 0.15) is 0 Å². The Hall–Kier alpha value is -0.700. The van der Waals surface area contributed by atoms with Gasteiger partial charge >= 0.3 is 5.97 Å². The molecule has 0 aromatic carbocycles. The van der Waals surface area contributed by atoms with E-state index in [1.165, 1.54) is 6.92 Å². The summed E-state index contributed by atoms with van der Waals surface area (Å²) in [5.41, 5.74) is -0.471. The first kappa shape index (κ1) is 10.3. The molecule has 0 amide bonds. The first-order valence-electron chi connectivity index (χ1n) is 3.27. The van der Waals surface area contributed by atoms with Gasteiger partial charge in [-0.05, 0) is 13.3 Å². The van der Waals surface area contributed by atoms with E-state index in [0.29, 0.717) is 12.7 Å². The van der Waals surface area contributed by atoms with Gasteiger partial charge in [0.05, 0.1) is 11.8 Å². The molecule has 0 aliphatic rings. The van der Waals surface area contributed by atoms with Crippen molar-refractivity contribution in [2.75, 3.05) is 0 Å². The van der Waals surface area contributed by atoms with Crippen molar-refractivity contribution in [3.05, 3.63) is 11.8 Å². The van der Waals surface area contributed by atoms with Gasteiger partial charge in [0.15, 0.2) is 5.56 Å². The Bertz CT molecular complexity index is 165. The van der Waals surface area contributed by atoms with Crippen molar-refractivity contribution in [1.29, 1.82) is 0 Å². The molecule has 1 unspecified atom stereocenters. The van der Waals surface area contributed by atoms with E-state index in [1.807, 2.05) is 0 Å². The lowest BCUT2D eigenvalue weighted by Crippen LogP contribution is -2.12. The topological polar surface area (TPSA) is 46.5 Å². The number of ether oxygens (including phenoxy) is 1. The second-order valence-corrected chi connectivity index (χ2v) is 2.52. The highest BCUT2D eigenvalue weighted by atomic mass is 35.5. The van der Waals surface area contributed by atoms with Gasteiger partial charge in [-0.2, -0.15) is 0 Å². The molecule has 4 heteroatoms. The molecule has 0 aromatic heterocycles. The van der Waals surface area contributed by atoms with Crippen molar-refractivity contribution in [3.63, 3.8) is 0 Å². The highest BCUT2D eigenvalue weighted by Crippen LogP contribution is 2.06. The van der Waals surface area contributed by atoms with Crippen LogP contribution in [0.15, 0.2) is 11.8 Å². The number of aliphatic hydroxyl groups is 1. The van der Waals surface area contributed by atoms with Crippen LogP contribution >= 0.6 is 11.6 Å². The quantitative estimate of drug-likeness (QED) is 0.311. The van der Waals surface area contributed by atoms with Gasteiger partial charge in [0.2, 0.25) is 0 Å². The highest BCUT2D eigenvalue weighted by molar-refractivity contribution is 6.20. The first-order chi connectivity index (χ1) is 5.11.